The maximum Gasteiger partial charge on any atom is 0.0991 e. The van der Waals surface area contributed by atoms with Gasteiger partial charge in [-0.15, -0.1) is 0 Å². The number of benzene rings is 3. The Balaban J connectivity index is 1.76. The number of hydrogen-bond acceptors (Lipinski definition) is 1. The molecule has 0 heterocycles. The number of rotatable bonds is 4. The van der Waals surface area contributed by atoms with Crippen LogP contribution in [0.1, 0.15) is 36.1 Å². The second kappa shape index (κ2) is 6.56. The van der Waals surface area contributed by atoms with Gasteiger partial charge in [0.2, 0.25) is 0 Å². The summed E-state index contributed by atoms with van der Waals surface area (Å²) in [7, 11) is 0. The van der Waals surface area contributed by atoms with Crippen molar-refractivity contribution in [1.29, 1.82) is 5.26 Å². The Hall–Kier alpha value is -3.11. The summed E-state index contributed by atoms with van der Waals surface area (Å²) in [4.78, 5) is 0. The average molecular weight is 349 g/mol. The van der Waals surface area contributed by atoms with Gasteiger partial charge in [-0.05, 0) is 40.2 Å². The predicted molar refractivity (Wildman–Crippen MR) is 111 cm³/mol. The van der Waals surface area contributed by atoms with Crippen LogP contribution in [-0.2, 0) is 5.41 Å². The minimum absolute atomic E-state index is 0.0153. The van der Waals surface area contributed by atoms with Gasteiger partial charge >= 0.3 is 0 Å². The summed E-state index contributed by atoms with van der Waals surface area (Å²) in [6.45, 7) is 4.72. The van der Waals surface area contributed by atoms with E-state index in [1.54, 1.807) is 0 Å². The maximum atomic E-state index is 8.98. The third kappa shape index (κ3) is 2.69. The largest absolute Gasteiger partial charge is 0.192 e. The number of nitriles is 1. The van der Waals surface area contributed by atoms with E-state index in [1.165, 1.54) is 11.1 Å². The second-order valence-electron chi connectivity index (χ2n) is 7.83. The van der Waals surface area contributed by atoms with Crippen LogP contribution in [0, 0.1) is 22.7 Å². The molecule has 1 heteroatoms. The molecule has 0 radical (unpaired) electrons. The Morgan fingerprint density at radius 1 is 0.778 bits per heavy atom. The lowest BCUT2D eigenvalue weighted by atomic mass is 9.81. The summed E-state index contributed by atoms with van der Waals surface area (Å²) < 4.78 is 0. The molecule has 3 aromatic carbocycles. The normalized spacial score (nSPS) is 19.5. The smallest absolute Gasteiger partial charge is 0.0991 e. The van der Waals surface area contributed by atoms with E-state index in [0.717, 1.165) is 5.56 Å². The molecule has 0 N–H and O–H groups in total. The molecule has 1 atom stereocenters. The van der Waals surface area contributed by atoms with Crippen LogP contribution in [-0.4, -0.2) is 0 Å². The summed E-state index contributed by atoms with van der Waals surface area (Å²) in [6, 6.07) is 31.7. The van der Waals surface area contributed by atoms with Crippen molar-refractivity contribution in [2.45, 2.75) is 19.3 Å². The molecule has 0 amide bonds. The zero-order valence-electron chi connectivity index (χ0n) is 15.8. The fourth-order valence-corrected chi connectivity index (χ4v) is 4.74. The lowest BCUT2D eigenvalue weighted by Crippen LogP contribution is -2.16. The molecule has 132 valence electrons. The SMILES string of the molecule is CC1(C)C(/C=C/c2ccc(C#N)cc2)C1(c1ccccc1)c1ccccc1. The molecule has 1 unspecified atom stereocenters. The molecule has 0 bridgehead atoms. The first-order chi connectivity index (χ1) is 13.1. The van der Waals surface area contributed by atoms with E-state index in [2.05, 4.69) is 92.7 Å². The lowest BCUT2D eigenvalue weighted by Gasteiger charge is -2.22. The van der Waals surface area contributed by atoms with E-state index in [0.29, 0.717) is 11.5 Å². The van der Waals surface area contributed by atoms with Crippen LogP contribution in [0.5, 0.6) is 0 Å². The summed E-state index contributed by atoms with van der Waals surface area (Å²) in [5, 5.41) is 8.98. The van der Waals surface area contributed by atoms with Gasteiger partial charge in [-0.3, -0.25) is 0 Å². The van der Waals surface area contributed by atoms with Crippen LogP contribution in [0.25, 0.3) is 6.08 Å². The summed E-state index contributed by atoms with van der Waals surface area (Å²) in [5.74, 6) is 0.408. The van der Waals surface area contributed by atoms with E-state index in [-0.39, 0.29) is 10.8 Å². The Bertz CT molecular complexity index is 950. The summed E-state index contributed by atoms with van der Waals surface area (Å²) >= 11 is 0. The molecular weight excluding hydrogens is 326 g/mol. The fourth-order valence-electron chi connectivity index (χ4n) is 4.74. The molecule has 1 aliphatic carbocycles. The maximum absolute atomic E-state index is 8.98. The van der Waals surface area contributed by atoms with Crippen molar-refractivity contribution < 1.29 is 0 Å². The minimum Gasteiger partial charge on any atom is -0.192 e. The monoisotopic (exact) mass is 349 g/mol. The van der Waals surface area contributed by atoms with Gasteiger partial charge in [-0.2, -0.15) is 5.26 Å². The molecule has 4 rings (SSSR count). The molecule has 0 aliphatic heterocycles. The quantitative estimate of drug-likeness (QED) is 0.549. The van der Waals surface area contributed by atoms with Crippen LogP contribution >= 0.6 is 0 Å². The van der Waals surface area contributed by atoms with Crippen molar-refractivity contribution in [2.75, 3.05) is 0 Å². The Labute approximate surface area is 161 Å². The van der Waals surface area contributed by atoms with Crippen LogP contribution < -0.4 is 0 Å². The Morgan fingerprint density at radius 3 is 1.78 bits per heavy atom. The van der Waals surface area contributed by atoms with Gasteiger partial charge < -0.3 is 0 Å². The highest BCUT2D eigenvalue weighted by Gasteiger charge is 2.70. The van der Waals surface area contributed by atoms with Crippen LogP contribution in [0.4, 0.5) is 0 Å². The van der Waals surface area contributed by atoms with Crippen LogP contribution in [0.3, 0.4) is 0 Å². The summed E-state index contributed by atoms with van der Waals surface area (Å²) in [5.41, 5.74) is 4.68. The third-order valence-corrected chi connectivity index (χ3v) is 6.16. The van der Waals surface area contributed by atoms with Crippen molar-refractivity contribution in [2.24, 2.45) is 11.3 Å². The summed E-state index contributed by atoms with van der Waals surface area (Å²) in [6.07, 6.45) is 4.54. The highest BCUT2D eigenvalue weighted by Crippen LogP contribution is 2.73. The molecule has 3 aromatic rings. The van der Waals surface area contributed by atoms with Crippen molar-refractivity contribution in [3.63, 3.8) is 0 Å². The Kier molecular flexibility index (Phi) is 4.21. The van der Waals surface area contributed by atoms with E-state index in [1.807, 2.05) is 24.3 Å². The molecule has 27 heavy (non-hydrogen) atoms. The van der Waals surface area contributed by atoms with E-state index in [9.17, 15) is 0 Å². The first-order valence-electron chi connectivity index (χ1n) is 9.40. The molecule has 1 saturated carbocycles. The highest BCUT2D eigenvalue weighted by molar-refractivity contribution is 5.59. The van der Waals surface area contributed by atoms with E-state index >= 15 is 0 Å². The number of hydrogen-bond donors (Lipinski definition) is 0. The zero-order chi connectivity index (χ0) is 18.9. The molecule has 0 spiro atoms. The standard InChI is InChI=1S/C26H23N/c1-25(2)24(18-17-20-13-15-21(19-27)16-14-20)26(25,22-9-5-3-6-10-22)23-11-7-4-8-12-23/h3-18,24H,1-2H3/b18-17+. The van der Waals surface area contributed by atoms with Gasteiger partial charge in [0.05, 0.1) is 11.6 Å². The first-order valence-corrected chi connectivity index (χ1v) is 9.40. The second-order valence-corrected chi connectivity index (χ2v) is 7.83. The van der Waals surface area contributed by atoms with Gasteiger partial charge in [0.1, 0.15) is 0 Å². The van der Waals surface area contributed by atoms with Gasteiger partial charge in [0.25, 0.3) is 0 Å². The van der Waals surface area contributed by atoms with Gasteiger partial charge in [0, 0.05) is 5.41 Å². The first kappa shape index (κ1) is 17.3. The van der Waals surface area contributed by atoms with Crippen molar-refractivity contribution in [3.05, 3.63) is 113 Å². The Morgan fingerprint density at radius 2 is 1.30 bits per heavy atom. The molecule has 1 nitrogen and oxygen atoms in total. The van der Waals surface area contributed by atoms with Crippen LogP contribution in [0.2, 0.25) is 0 Å². The zero-order valence-corrected chi connectivity index (χ0v) is 15.8. The third-order valence-electron chi connectivity index (χ3n) is 6.16. The van der Waals surface area contributed by atoms with Gasteiger partial charge in [-0.25, -0.2) is 0 Å². The molecular formula is C26H23N. The van der Waals surface area contributed by atoms with E-state index < -0.39 is 0 Å². The van der Waals surface area contributed by atoms with Crippen molar-refractivity contribution in [3.8, 4) is 6.07 Å². The lowest BCUT2D eigenvalue weighted by molar-refractivity contribution is 0.545. The number of nitrogens with zero attached hydrogens (tertiary/aromatic N) is 1. The molecule has 1 fully saturated rings. The van der Waals surface area contributed by atoms with E-state index in [4.69, 9.17) is 5.26 Å². The predicted octanol–water partition coefficient (Wildman–Crippen LogP) is 6.21. The average Bonchev–Trinajstić information content (AvgIpc) is 3.23. The van der Waals surface area contributed by atoms with Crippen molar-refractivity contribution in [1.82, 2.24) is 0 Å². The molecule has 0 aromatic heterocycles. The number of allylic oxidation sites excluding steroid dienone is 1. The van der Waals surface area contributed by atoms with Crippen LogP contribution in [0.15, 0.2) is 91.0 Å². The fraction of sp³-hybridized carbons (Fsp3) is 0.192. The van der Waals surface area contributed by atoms with Gasteiger partial charge in [0.15, 0.2) is 0 Å². The molecule has 1 aliphatic rings. The van der Waals surface area contributed by atoms with Gasteiger partial charge in [-0.1, -0.05) is 98.8 Å². The minimum atomic E-state index is -0.0153. The topological polar surface area (TPSA) is 23.8 Å². The molecule has 0 saturated heterocycles. The highest BCUT2D eigenvalue weighted by atomic mass is 14.7. The van der Waals surface area contributed by atoms with Crippen molar-refractivity contribution >= 4 is 6.08 Å².